The number of pyridine rings is 1. The predicted molar refractivity (Wildman–Crippen MR) is 160 cm³/mol. The number of methoxy groups -OCH3 is 1. The van der Waals surface area contributed by atoms with Crippen LogP contribution >= 0.6 is 11.8 Å². The average Bonchev–Trinajstić information content (AvgIpc) is 3.82. The molecule has 4 rings (SSSR count). The van der Waals surface area contributed by atoms with E-state index in [1.165, 1.54) is 36.5 Å². The normalized spacial score (nSPS) is 18.2. The van der Waals surface area contributed by atoms with Crippen LogP contribution < -0.4 is 16.0 Å². The van der Waals surface area contributed by atoms with Crippen LogP contribution in [0.25, 0.3) is 5.57 Å². The van der Waals surface area contributed by atoms with Gasteiger partial charge in [-0.25, -0.2) is 13.8 Å². The Morgan fingerprint density at radius 1 is 1.37 bits per heavy atom. The first-order valence-corrected chi connectivity index (χ1v) is 14.1. The third-order valence-electron chi connectivity index (χ3n) is 5.57. The molecular weight excluding hydrogens is 554 g/mol. The second-order valence-electron chi connectivity index (χ2n) is 8.24. The molecule has 41 heavy (non-hydrogen) atoms. The van der Waals surface area contributed by atoms with Gasteiger partial charge in [0.25, 0.3) is 18.2 Å². The van der Waals surface area contributed by atoms with Crippen molar-refractivity contribution in [3.8, 4) is 11.8 Å². The van der Waals surface area contributed by atoms with Gasteiger partial charge in [0.15, 0.2) is 5.17 Å². The molecule has 0 aromatic carbocycles. The second kappa shape index (κ2) is 16.5. The smallest absolute Gasteiger partial charge is 0.281 e. The summed E-state index contributed by atoms with van der Waals surface area (Å²) in [6.45, 7) is 8.40. The van der Waals surface area contributed by atoms with Crippen LogP contribution in [0.4, 0.5) is 14.6 Å². The van der Waals surface area contributed by atoms with Crippen LogP contribution in [0, 0.1) is 23.2 Å². The number of morpholine rings is 1. The lowest BCUT2D eigenvalue weighted by Gasteiger charge is -2.27. The number of rotatable bonds is 5. The molecule has 224 valence electrons. The van der Waals surface area contributed by atoms with Gasteiger partial charge in [0.1, 0.15) is 29.3 Å². The van der Waals surface area contributed by atoms with E-state index < -0.39 is 18.4 Å². The first-order valence-electron chi connectivity index (χ1n) is 13.3. The molecule has 10 nitrogen and oxygen atoms in total. The summed E-state index contributed by atoms with van der Waals surface area (Å²) < 4.78 is 37.6. The van der Waals surface area contributed by atoms with Gasteiger partial charge in [-0.3, -0.25) is 19.9 Å². The molecule has 1 unspecified atom stereocenters. The Morgan fingerprint density at radius 3 is 2.68 bits per heavy atom. The maximum absolute atomic E-state index is 13.5. The average molecular weight is 593 g/mol. The molecule has 1 atom stereocenters. The van der Waals surface area contributed by atoms with Crippen molar-refractivity contribution in [2.45, 2.75) is 53.0 Å². The highest BCUT2D eigenvalue weighted by molar-refractivity contribution is 8.26. The number of carbonyl (C=O) groups excluding carboxylic acids is 2. The highest BCUT2D eigenvalue weighted by Crippen LogP contribution is 2.33. The first-order chi connectivity index (χ1) is 19.8. The van der Waals surface area contributed by atoms with Crippen LogP contribution in [-0.4, -0.2) is 66.3 Å². The number of hydrogen-bond donors (Lipinski definition) is 3. The summed E-state index contributed by atoms with van der Waals surface area (Å²) >= 11 is 0.739. The monoisotopic (exact) mass is 592 g/mol. The summed E-state index contributed by atoms with van der Waals surface area (Å²) in [6, 6.07) is 0.110. The van der Waals surface area contributed by atoms with Crippen molar-refractivity contribution < 1.29 is 29.3 Å². The number of amides is 2. The molecule has 1 aromatic rings. The van der Waals surface area contributed by atoms with E-state index in [1.54, 1.807) is 0 Å². The lowest BCUT2D eigenvalue weighted by atomic mass is 9.95. The van der Waals surface area contributed by atoms with Crippen LogP contribution in [0.2, 0.25) is 0 Å². The number of anilines is 1. The number of thioether (sulfide) groups is 1. The third kappa shape index (κ3) is 9.40. The fourth-order valence-corrected chi connectivity index (χ4v) is 4.00. The van der Waals surface area contributed by atoms with Crippen molar-refractivity contribution in [2.24, 2.45) is 16.6 Å². The number of aromatic nitrogens is 1. The highest BCUT2D eigenvalue weighted by Gasteiger charge is 2.29. The molecule has 2 aliphatic heterocycles. The zero-order chi connectivity index (χ0) is 30.5. The number of alkyl halides is 2. The molecule has 1 saturated carbocycles. The van der Waals surface area contributed by atoms with Gasteiger partial charge in [-0.2, -0.15) is 4.99 Å². The largest absolute Gasteiger partial charge is 0.495 e. The van der Waals surface area contributed by atoms with Crippen molar-refractivity contribution in [1.29, 1.82) is 5.41 Å². The number of amidine groups is 1. The van der Waals surface area contributed by atoms with Crippen molar-refractivity contribution in [2.75, 3.05) is 31.8 Å². The molecule has 2 amide bonds. The van der Waals surface area contributed by atoms with Gasteiger partial charge in [-0.1, -0.05) is 33.6 Å². The van der Waals surface area contributed by atoms with Gasteiger partial charge in [-0.05, 0) is 42.7 Å². The van der Waals surface area contributed by atoms with Gasteiger partial charge in [0.05, 0.1) is 25.8 Å². The van der Waals surface area contributed by atoms with Crippen LogP contribution in [0.15, 0.2) is 35.3 Å². The van der Waals surface area contributed by atoms with Gasteiger partial charge in [0, 0.05) is 30.9 Å². The molecule has 4 N–H and O–H groups in total. The number of halogens is 2. The minimum atomic E-state index is -2.74. The number of carbonyl (C=O) groups is 2. The van der Waals surface area contributed by atoms with Crippen LogP contribution in [0.5, 0.6) is 0 Å². The number of nitrogens with two attached hydrogens (primary N) is 1. The fraction of sp³-hybridized carbons (Fsp3) is 0.464. The summed E-state index contributed by atoms with van der Waals surface area (Å²) in [7, 11) is 1.36. The fourth-order valence-electron chi connectivity index (χ4n) is 3.55. The Kier molecular flexibility index (Phi) is 13.5. The van der Waals surface area contributed by atoms with E-state index in [4.69, 9.17) is 20.6 Å². The molecule has 3 aliphatic rings. The van der Waals surface area contributed by atoms with E-state index in [0.29, 0.717) is 12.5 Å². The van der Waals surface area contributed by atoms with Gasteiger partial charge in [0.2, 0.25) is 0 Å². The van der Waals surface area contributed by atoms with E-state index in [9.17, 15) is 18.4 Å². The minimum absolute atomic E-state index is 0. The van der Waals surface area contributed by atoms with Crippen LogP contribution in [-0.2, 0) is 14.3 Å². The number of ether oxygens (including phenoxy) is 2. The van der Waals surface area contributed by atoms with Crippen molar-refractivity contribution >= 4 is 45.2 Å². The zero-order valence-electron chi connectivity index (χ0n) is 23.8. The van der Waals surface area contributed by atoms with Gasteiger partial charge in [-0.15, -0.1) is 0 Å². The topological polar surface area (TPSA) is 143 Å². The van der Waals surface area contributed by atoms with Crippen LogP contribution in [0.1, 0.15) is 57.9 Å². The van der Waals surface area contributed by atoms with Crippen molar-refractivity contribution in [1.82, 2.24) is 10.3 Å². The Morgan fingerprint density at radius 2 is 2.07 bits per heavy atom. The Balaban J connectivity index is 0.00000169. The molecular formula is C28H38F2N6O4S. The van der Waals surface area contributed by atoms with Crippen molar-refractivity contribution in [3.63, 3.8) is 0 Å². The van der Waals surface area contributed by atoms with E-state index in [2.05, 4.69) is 27.1 Å². The molecule has 1 aromatic heterocycles. The minimum Gasteiger partial charge on any atom is -0.495 e. The third-order valence-corrected chi connectivity index (χ3v) is 6.17. The molecule has 0 spiro atoms. The lowest BCUT2D eigenvalue weighted by Crippen LogP contribution is -2.42. The highest BCUT2D eigenvalue weighted by atomic mass is 32.2. The number of dihydropyridines is 1. The molecule has 13 heteroatoms. The first kappa shape index (κ1) is 33.4. The molecule has 3 heterocycles. The Hall–Kier alpha value is -3.76. The maximum Gasteiger partial charge on any atom is 0.281 e. The molecule has 1 saturated heterocycles. The van der Waals surface area contributed by atoms with E-state index in [-0.39, 0.29) is 59.0 Å². The number of allylic oxidation sites excluding steroid dienone is 1. The molecule has 0 radical (unpaired) electrons. The van der Waals surface area contributed by atoms with Gasteiger partial charge < -0.3 is 20.5 Å². The standard InChI is InChI=1S/C24H24F2N6O4S.2C2H6.H2/c1-35-18-11-29-17(22(25)26)8-15(18)14-9-20(32-6-7-36-12-21(32)33)30-10-16(14)23(34)31-24(28)37-19(27)5-4-13-2-3-13;2*1-2;/h8-11,13,17,22,27,29H,2-3,6-7,12H2,1H3,(H2,28,31,34);2*1-2H3;1H. The summed E-state index contributed by atoms with van der Waals surface area (Å²) in [5, 5.41) is 10.2. The SMILES string of the molecule is CC.CC.COC1=CNC(C(F)F)C=C1c1cc(N2CCOCC2=O)ncc1C(=O)N=C(N)SC(=N)C#CC1CC1.[HH]. The molecule has 2 fully saturated rings. The number of hydrogen-bond acceptors (Lipinski definition) is 8. The predicted octanol–water partition coefficient (Wildman–Crippen LogP) is 4.43. The number of aliphatic imine (C=N–C) groups is 1. The summed E-state index contributed by atoms with van der Waals surface area (Å²) in [6.07, 6.45) is 3.01. The summed E-state index contributed by atoms with van der Waals surface area (Å²) in [5.41, 5.74) is 6.21. The van der Waals surface area contributed by atoms with Crippen molar-refractivity contribution in [3.05, 3.63) is 41.4 Å². The Labute approximate surface area is 244 Å². The van der Waals surface area contributed by atoms with E-state index in [1.807, 2.05) is 27.7 Å². The van der Waals surface area contributed by atoms with Crippen LogP contribution in [0.3, 0.4) is 0 Å². The number of nitrogens with zero attached hydrogens (tertiary/aromatic N) is 3. The summed E-state index contributed by atoms with van der Waals surface area (Å²) in [5.74, 6) is 5.17. The lowest BCUT2D eigenvalue weighted by molar-refractivity contribution is -0.125. The molecule has 0 bridgehead atoms. The quantitative estimate of drug-likeness (QED) is 0.259. The summed E-state index contributed by atoms with van der Waals surface area (Å²) in [4.78, 5) is 35.0. The number of nitrogens with one attached hydrogen (secondary N) is 2. The zero-order valence-corrected chi connectivity index (χ0v) is 24.6. The molecule has 1 aliphatic carbocycles. The van der Waals surface area contributed by atoms with E-state index >= 15 is 0 Å². The second-order valence-corrected chi connectivity index (χ2v) is 9.27. The maximum atomic E-state index is 13.5. The van der Waals surface area contributed by atoms with E-state index in [0.717, 1.165) is 24.6 Å². The van der Waals surface area contributed by atoms with Gasteiger partial charge >= 0.3 is 0 Å². The Bertz CT molecular complexity index is 1270.